The topological polar surface area (TPSA) is 29.3 Å². The Morgan fingerprint density at radius 2 is 2.06 bits per heavy atom. The van der Waals surface area contributed by atoms with E-state index >= 15 is 0 Å². The van der Waals surface area contributed by atoms with Crippen molar-refractivity contribution in [1.29, 1.82) is 0 Å². The van der Waals surface area contributed by atoms with Gasteiger partial charge in [-0.25, -0.2) is 0 Å². The van der Waals surface area contributed by atoms with Crippen molar-refractivity contribution in [2.75, 3.05) is 13.6 Å². The fourth-order valence-electron chi connectivity index (χ4n) is 3.27. The highest BCUT2D eigenvalue weighted by Crippen LogP contribution is 2.44. The van der Waals surface area contributed by atoms with E-state index in [1.54, 1.807) is 0 Å². The lowest BCUT2D eigenvalue weighted by atomic mass is 9.67. The summed E-state index contributed by atoms with van der Waals surface area (Å²) < 4.78 is 0. The number of nitrogens with two attached hydrogens (primary N) is 1. The van der Waals surface area contributed by atoms with Crippen LogP contribution in [0.1, 0.15) is 38.3 Å². The Hall–Kier alpha value is -0.570. The number of nitrogens with zero attached hydrogens (tertiary/aromatic N) is 1. The Morgan fingerprint density at radius 1 is 1.44 bits per heavy atom. The Kier molecular flexibility index (Phi) is 4.00. The van der Waals surface area contributed by atoms with E-state index in [1.165, 1.54) is 18.4 Å². The minimum absolute atomic E-state index is 0.165. The number of hydrogen-bond acceptors (Lipinski definition) is 2. The molecule has 0 bridgehead atoms. The number of benzene rings is 1. The zero-order valence-corrected chi connectivity index (χ0v) is 12.2. The Bertz CT molecular complexity index is 413. The standard InChI is InChI=1S/C15H23ClN2/c1-11-8-15(9-11,10-17)18(3)12(2)13-6-4-5-7-14(13)16/h4-7,11-12H,8-10,17H2,1-3H3. The van der Waals surface area contributed by atoms with E-state index < -0.39 is 0 Å². The molecule has 1 aromatic rings. The van der Waals surface area contributed by atoms with Crippen molar-refractivity contribution in [1.82, 2.24) is 4.90 Å². The summed E-state index contributed by atoms with van der Waals surface area (Å²) in [5.41, 5.74) is 7.36. The molecule has 0 saturated heterocycles. The Balaban J connectivity index is 2.19. The summed E-state index contributed by atoms with van der Waals surface area (Å²) in [5, 5.41) is 0.844. The van der Waals surface area contributed by atoms with Gasteiger partial charge in [0.15, 0.2) is 0 Å². The smallest absolute Gasteiger partial charge is 0.0453 e. The molecule has 1 aliphatic carbocycles. The molecule has 18 heavy (non-hydrogen) atoms. The summed E-state index contributed by atoms with van der Waals surface area (Å²) in [6, 6.07) is 8.39. The lowest BCUT2D eigenvalue weighted by Gasteiger charge is -2.54. The van der Waals surface area contributed by atoms with Crippen molar-refractivity contribution in [3.63, 3.8) is 0 Å². The fourth-order valence-corrected chi connectivity index (χ4v) is 3.56. The van der Waals surface area contributed by atoms with Crippen LogP contribution >= 0.6 is 11.6 Å². The molecular formula is C15H23ClN2. The van der Waals surface area contributed by atoms with Crippen LogP contribution in [0.4, 0.5) is 0 Å². The largest absolute Gasteiger partial charge is 0.329 e. The molecule has 1 unspecified atom stereocenters. The van der Waals surface area contributed by atoms with Crippen LogP contribution in [0.2, 0.25) is 5.02 Å². The van der Waals surface area contributed by atoms with E-state index in [-0.39, 0.29) is 5.54 Å². The van der Waals surface area contributed by atoms with Gasteiger partial charge in [-0.15, -0.1) is 0 Å². The Morgan fingerprint density at radius 3 is 2.56 bits per heavy atom. The molecule has 2 rings (SSSR count). The molecule has 0 spiro atoms. The summed E-state index contributed by atoms with van der Waals surface area (Å²) in [6.07, 6.45) is 2.38. The van der Waals surface area contributed by atoms with E-state index in [0.717, 1.165) is 17.5 Å². The van der Waals surface area contributed by atoms with E-state index in [1.807, 2.05) is 18.2 Å². The number of halogens is 1. The van der Waals surface area contributed by atoms with Crippen molar-refractivity contribution < 1.29 is 0 Å². The minimum atomic E-state index is 0.165. The molecular weight excluding hydrogens is 244 g/mol. The van der Waals surface area contributed by atoms with E-state index in [0.29, 0.717) is 6.04 Å². The van der Waals surface area contributed by atoms with Crippen LogP contribution in [0, 0.1) is 5.92 Å². The molecule has 100 valence electrons. The highest BCUT2D eigenvalue weighted by molar-refractivity contribution is 6.31. The summed E-state index contributed by atoms with van der Waals surface area (Å²) in [6.45, 7) is 5.23. The second-order valence-corrected chi connectivity index (χ2v) is 6.16. The summed E-state index contributed by atoms with van der Waals surface area (Å²) in [5.74, 6) is 0.787. The molecule has 1 fully saturated rings. The van der Waals surface area contributed by atoms with E-state index in [4.69, 9.17) is 17.3 Å². The monoisotopic (exact) mass is 266 g/mol. The van der Waals surface area contributed by atoms with Crippen molar-refractivity contribution in [2.45, 2.75) is 38.3 Å². The SMILES string of the molecule is CC1CC(CN)(N(C)C(C)c2ccccc2Cl)C1. The normalized spacial score (nSPS) is 29.1. The molecule has 0 heterocycles. The maximum atomic E-state index is 6.29. The maximum absolute atomic E-state index is 6.29. The van der Waals surface area contributed by atoms with Gasteiger partial charge in [-0.3, -0.25) is 4.90 Å². The molecule has 2 N–H and O–H groups in total. The van der Waals surface area contributed by atoms with Crippen LogP contribution in [-0.2, 0) is 0 Å². The highest BCUT2D eigenvalue weighted by atomic mass is 35.5. The quantitative estimate of drug-likeness (QED) is 0.904. The van der Waals surface area contributed by atoms with Crippen LogP contribution < -0.4 is 5.73 Å². The van der Waals surface area contributed by atoms with Crippen LogP contribution in [-0.4, -0.2) is 24.0 Å². The predicted molar refractivity (Wildman–Crippen MR) is 77.8 cm³/mol. The summed E-state index contributed by atoms with van der Waals surface area (Å²) in [7, 11) is 2.17. The van der Waals surface area contributed by atoms with Crippen LogP contribution in [0.5, 0.6) is 0 Å². The number of rotatable bonds is 4. The fraction of sp³-hybridized carbons (Fsp3) is 0.600. The van der Waals surface area contributed by atoms with Crippen molar-refractivity contribution >= 4 is 11.6 Å². The van der Waals surface area contributed by atoms with Gasteiger partial charge in [-0.05, 0) is 44.4 Å². The molecule has 1 atom stereocenters. The van der Waals surface area contributed by atoms with Crippen LogP contribution in [0.3, 0.4) is 0 Å². The maximum Gasteiger partial charge on any atom is 0.0453 e. The van der Waals surface area contributed by atoms with Crippen LogP contribution in [0.15, 0.2) is 24.3 Å². The molecule has 1 aliphatic rings. The number of hydrogen-bond donors (Lipinski definition) is 1. The van der Waals surface area contributed by atoms with Gasteiger partial charge in [0.05, 0.1) is 0 Å². The first kappa shape index (κ1) is 13.9. The molecule has 0 aromatic heterocycles. The first-order valence-corrected chi connectivity index (χ1v) is 7.05. The molecule has 1 saturated carbocycles. The van der Waals surface area contributed by atoms with Crippen molar-refractivity contribution in [3.05, 3.63) is 34.9 Å². The predicted octanol–water partition coefficient (Wildman–Crippen LogP) is 3.46. The molecule has 0 aliphatic heterocycles. The van der Waals surface area contributed by atoms with E-state index in [9.17, 15) is 0 Å². The van der Waals surface area contributed by atoms with Gasteiger partial charge >= 0.3 is 0 Å². The minimum Gasteiger partial charge on any atom is -0.329 e. The van der Waals surface area contributed by atoms with Gasteiger partial charge in [-0.2, -0.15) is 0 Å². The summed E-state index contributed by atoms with van der Waals surface area (Å²) in [4.78, 5) is 2.41. The van der Waals surface area contributed by atoms with Crippen molar-refractivity contribution in [2.24, 2.45) is 11.7 Å². The zero-order valence-electron chi connectivity index (χ0n) is 11.5. The van der Waals surface area contributed by atoms with E-state index in [2.05, 4.69) is 31.9 Å². The second kappa shape index (κ2) is 5.20. The van der Waals surface area contributed by atoms with Gasteiger partial charge < -0.3 is 5.73 Å². The first-order valence-electron chi connectivity index (χ1n) is 6.67. The zero-order chi connectivity index (χ0) is 13.3. The highest BCUT2D eigenvalue weighted by Gasteiger charge is 2.45. The van der Waals surface area contributed by atoms with Crippen molar-refractivity contribution in [3.8, 4) is 0 Å². The number of likely N-dealkylation sites (N-methyl/N-ethyl adjacent to an activating group) is 1. The summed E-state index contributed by atoms with van der Waals surface area (Å²) >= 11 is 6.29. The molecule has 0 radical (unpaired) electrons. The van der Waals surface area contributed by atoms with Gasteiger partial charge in [0, 0.05) is 23.1 Å². The second-order valence-electron chi connectivity index (χ2n) is 5.75. The molecule has 1 aromatic carbocycles. The third-order valence-corrected chi connectivity index (χ3v) is 4.87. The lowest BCUT2D eigenvalue weighted by molar-refractivity contribution is -0.0187. The van der Waals surface area contributed by atoms with Crippen LogP contribution in [0.25, 0.3) is 0 Å². The lowest BCUT2D eigenvalue weighted by Crippen LogP contribution is -2.60. The van der Waals surface area contributed by atoms with Gasteiger partial charge in [0.25, 0.3) is 0 Å². The molecule has 3 heteroatoms. The third kappa shape index (κ3) is 2.29. The average molecular weight is 267 g/mol. The molecule has 2 nitrogen and oxygen atoms in total. The Labute approximate surface area is 115 Å². The third-order valence-electron chi connectivity index (χ3n) is 4.52. The van der Waals surface area contributed by atoms with Gasteiger partial charge in [-0.1, -0.05) is 36.7 Å². The first-order chi connectivity index (χ1) is 8.50. The molecule has 0 amide bonds. The average Bonchev–Trinajstić information content (AvgIpc) is 2.33. The van der Waals surface area contributed by atoms with Gasteiger partial charge in [0.1, 0.15) is 0 Å². The van der Waals surface area contributed by atoms with Gasteiger partial charge in [0.2, 0.25) is 0 Å².